The molecule has 0 saturated heterocycles. The Hall–Kier alpha value is -1.09. The number of rotatable bonds is 11. The first kappa shape index (κ1) is 17.0. The Bertz CT molecular complexity index is 366. The number of aryl methyl sites for hydroxylation is 2. The Morgan fingerprint density at radius 2 is 1.55 bits per heavy atom. The smallest absolute Gasteiger partial charge is 0.213 e. The number of nitrogens with zero attached hydrogens (tertiary/aromatic N) is 1. The van der Waals surface area contributed by atoms with Gasteiger partial charge in [-0.05, 0) is 37.8 Å². The van der Waals surface area contributed by atoms with Gasteiger partial charge >= 0.3 is 0 Å². The molecule has 0 bridgehead atoms. The quantitative estimate of drug-likeness (QED) is 0.621. The lowest BCUT2D eigenvalue weighted by molar-refractivity contribution is 0.282. The lowest BCUT2D eigenvalue weighted by atomic mass is 10.1. The molecule has 1 aromatic heterocycles. The van der Waals surface area contributed by atoms with Crippen LogP contribution in [0.2, 0.25) is 0 Å². The zero-order valence-electron chi connectivity index (χ0n) is 13.0. The van der Waals surface area contributed by atoms with Crippen LogP contribution in [0.25, 0.3) is 0 Å². The summed E-state index contributed by atoms with van der Waals surface area (Å²) in [5.41, 5.74) is 2.36. The Labute approximate surface area is 123 Å². The Morgan fingerprint density at radius 3 is 2.15 bits per heavy atom. The van der Waals surface area contributed by atoms with Crippen molar-refractivity contribution in [1.82, 2.24) is 4.98 Å². The second kappa shape index (κ2) is 10.7. The van der Waals surface area contributed by atoms with Gasteiger partial charge in [-0.15, -0.1) is 0 Å². The van der Waals surface area contributed by atoms with Crippen LogP contribution < -0.4 is 4.74 Å². The van der Waals surface area contributed by atoms with Crippen LogP contribution in [-0.4, -0.2) is 23.8 Å². The van der Waals surface area contributed by atoms with Crippen molar-refractivity contribution in [2.24, 2.45) is 0 Å². The Kier molecular flexibility index (Phi) is 9.05. The second-order valence-electron chi connectivity index (χ2n) is 5.48. The van der Waals surface area contributed by atoms with Crippen LogP contribution in [0.4, 0.5) is 0 Å². The van der Waals surface area contributed by atoms with Gasteiger partial charge in [-0.1, -0.05) is 38.5 Å². The van der Waals surface area contributed by atoms with Crippen molar-refractivity contribution in [3.05, 3.63) is 23.4 Å². The maximum atomic E-state index is 8.69. The number of ether oxygens (including phenoxy) is 1. The molecule has 0 amide bonds. The van der Waals surface area contributed by atoms with Gasteiger partial charge in [0.1, 0.15) is 0 Å². The third kappa shape index (κ3) is 7.49. The number of aliphatic hydroxyl groups is 1. The minimum absolute atomic E-state index is 0.340. The summed E-state index contributed by atoms with van der Waals surface area (Å²) in [6, 6.07) is 4.12. The molecule has 0 aliphatic carbocycles. The average molecular weight is 279 g/mol. The molecule has 0 radical (unpaired) electrons. The summed E-state index contributed by atoms with van der Waals surface area (Å²) in [5.74, 6) is 0.726. The SMILES string of the molecule is COc1cc(C)cc(CCCCCCCCCCO)n1. The van der Waals surface area contributed by atoms with Crippen LogP contribution in [0.1, 0.15) is 62.6 Å². The predicted molar refractivity (Wildman–Crippen MR) is 83.3 cm³/mol. The van der Waals surface area contributed by atoms with Crippen LogP contribution in [0.5, 0.6) is 5.88 Å². The van der Waals surface area contributed by atoms with Crippen molar-refractivity contribution in [1.29, 1.82) is 0 Å². The third-order valence-electron chi connectivity index (χ3n) is 3.55. The zero-order valence-corrected chi connectivity index (χ0v) is 13.0. The Balaban J connectivity index is 2.08. The van der Waals surface area contributed by atoms with E-state index in [1.807, 2.05) is 6.07 Å². The number of methoxy groups -OCH3 is 1. The summed E-state index contributed by atoms with van der Waals surface area (Å²) in [6.07, 6.45) is 10.8. The van der Waals surface area contributed by atoms with Crippen molar-refractivity contribution in [3.8, 4) is 5.88 Å². The van der Waals surface area contributed by atoms with E-state index < -0.39 is 0 Å². The third-order valence-corrected chi connectivity index (χ3v) is 3.55. The Morgan fingerprint density at radius 1 is 0.950 bits per heavy atom. The normalized spacial score (nSPS) is 10.8. The van der Waals surface area contributed by atoms with E-state index in [0.717, 1.165) is 24.4 Å². The first-order valence-corrected chi connectivity index (χ1v) is 7.88. The average Bonchev–Trinajstić information content (AvgIpc) is 2.45. The van der Waals surface area contributed by atoms with Crippen LogP contribution in [0.3, 0.4) is 0 Å². The molecule has 3 nitrogen and oxygen atoms in total. The number of hydrogen-bond acceptors (Lipinski definition) is 3. The molecule has 1 N–H and O–H groups in total. The van der Waals surface area contributed by atoms with Gasteiger partial charge in [-0.2, -0.15) is 0 Å². The van der Waals surface area contributed by atoms with E-state index in [2.05, 4.69) is 18.0 Å². The molecule has 114 valence electrons. The molecule has 20 heavy (non-hydrogen) atoms. The van der Waals surface area contributed by atoms with Crippen LogP contribution in [-0.2, 0) is 6.42 Å². The van der Waals surface area contributed by atoms with E-state index in [-0.39, 0.29) is 0 Å². The standard InChI is InChI=1S/C17H29NO2/c1-15-13-16(18-17(14-15)20-2)11-9-7-5-3-4-6-8-10-12-19/h13-14,19H,3-12H2,1-2H3. The van der Waals surface area contributed by atoms with E-state index in [4.69, 9.17) is 9.84 Å². The van der Waals surface area contributed by atoms with Crippen molar-refractivity contribution >= 4 is 0 Å². The van der Waals surface area contributed by atoms with Gasteiger partial charge in [-0.25, -0.2) is 4.98 Å². The lowest BCUT2D eigenvalue weighted by Gasteiger charge is -2.06. The number of pyridine rings is 1. The van der Waals surface area contributed by atoms with Crippen LogP contribution in [0.15, 0.2) is 12.1 Å². The van der Waals surface area contributed by atoms with Crippen molar-refractivity contribution in [2.45, 2.75) is 64.7 Å². The molecule has 0 fully saturated rings. The molecule has 0 spiro atoms. The van der Waals surface area contributed by atoms with E-state index in [0.29, 0.717) is 6.61 Å². The second-order valence-corrected chi connectivity index (χ2v) is 5.48. The summed E-state index contributed by atoms with van der Waals surface area (Å²) in [6.45, 7) is 2.42. The number of hydrogen-bond donors (Lipinski definition) is 1. The van der Waals surface area contributed by atoms with Gasteiger partial charge in [0.15, 0.2) is 0 Å². The largest absolute Gasteiger partial charge is 0.481 e. The first-order chi connectivity index (χ1) is 9.76. The lowest BCUT2D eigenvalue weighted by Crippen LogP contribution is -1.95. The minimum atomic E-state index is 0.340. The fourth-order valence-corrected chi connectivity index (χ4v) is 2.42. The number of aliphatic hydroxyl groups excluding tert-OH is 1. The maximum Gasteiger partial charge on any atom is 0.213 e. The summed E-state index contributed by atoms with van der Waals surface area (Å²) in [7, 11) is 1.67. The van der Waals surface area contributed by atoms with Gasteiger partial charge in [0, 0.05) is 18.4 Å². The van der Waals surface area contributed by atoms with Crippen LogP contribution in [0, 0.1) is 6.92 Å². The topological polar surface area (TPSA) is 42.4 Å². The molecule has 0 saturated carbocycles. The van der Waals surface area contributed by atoms with E-state index in [9.17, 15) is 0 Å². The van der Waals surface area contributed by atoms with Crippen molar-refractivity contribution in [3.63, 3.8) is 0 Å². The van der Waals surface area contributed by atoms with Gasteiger partial charge < -0.3 is 9.84 Å². The van der Waals surface area contributed by atoms with Crippen LogP contribution >= 0.6 is 0 Å². The summed E-state index contributed by atoms with van der Waals surface area (Å²) >= 11 is 0. The van der Waals surface area contributed by atoms with E-state index in [1.54, 1.807) is 7.11 Å². The zero-order chi connectivity index (χ0) is 14.6. The molecule has 1 aromatic rings. The fraction of sp³-hybridized carbons (Fsp3) is 0.706. The molecule has 0 aliphatic rings. The highest BCUT2D eigenvalue weighted by atomic mass is 16.5. The molecule has 0 atom stereocenters. The summed E-state index contributed by atoms with van der Waals surface area (Å²) in [4.78, 5) is 4.47. The highest BCUT2D eigenvalue weighted by Crippen LogP contribution is 2.15. The maximum absolute atomic E-state index is 8.69. The van der Waals surface area contributed by atoms with Gasteiger partial charge in [0.25, 0.3) is 0 Å². The van der Waals surface area contributed by atoms with Crippen molar-refractivity contribution in [2.75, 3.05) is 13.7 Å². The fourth-order valence-electron chi connectivity index (χ4n) is 2.42. The molecule has 1 rings (SSSR count). The summed E-state index contributed by atoms with van der Waals surface area (Å²) in [5, 5.41) is 8.69. The first-order valence-electron chi connectivity index (χ1n) is 7.88. The van der Waals surface area contributed by atoms with Crippen molar-refractivity contribution < 1.29 is 9.84 Å². The number of aromatic nitrogens is 1. The molecular weight excluding hydrogens is 250 g/mol. The predicted octanol–water partition coefficient (Wildman–Crippen LogP) is 4.05. The highest BCUT2D eigenvalue weighted by Gasteiger charge is 2.00. The van der Waals surface area contributed by atoms with Gasteiger partial charge in [-0.3, -0.25) is 0 Å². The molecule has 0 unspecified atom stereocenters. The molecule has 0 aliphatic heterocycles. The molecule has 0 aromatic carbocycles. The monoisotopic (exact) mass is 279 g/mol. The molecule has 1 heterocycles. The highest BCUT2D eigenvalue weighted by molar-refractivity contribution is 5.23. The number of unbranched alkanes of at least 4 members (excludes halogenated alkanes) is 7. The van der Waals surface area contributed by atoms with Gasteiger partial charge in [0.2, 0.25) is 5.88 Å². The minimum Gasteiger partial charge on any atom is -0.481 e. The van der Waals surface area contributed by atoms with E-state index >= 15 is 0 Å². The molecular formula is C17H29NO2. The molecule has 3 heteroatoms. The van der Waals surface area contributed by atoms with Gasteiger partial charge in [0.05, 0.1) is 7.11 Å². The summed E-state index contributed by atoms with van der Waals surface area (Å²) < 4.78 is 5.20. The van der Waals surface area contributed by atoms with E-state index in [1.165, 1.54) is 50.5 Å².